The van der Waals surface area contributed by atoms with Gasteiger partial charge in [0.05, 0.1) is 18.3 Å². The van der Waals surface area contributed by atoms with Crippen LogP contribution in [0.4, 0.5) is 0 Å². The quantitative estimate of drug-likeness (QED) is 0.840. The first-order chi connectivity index (χ1) is 10.2. The molecule has 2 aliphatic heterocycles. The van der Waals surface area contributed by atoms with Gasteiger partial charge in [0.25, 0.3) is 0 Å². The molecule has 2 heterocycles. The normalized spacial score (nSPS) is 26.4. The van der Waals surface area contributed by atoms with Gasteiger partial charge in [0.1, 0.15) is 5.84 Å². The van der Waals surface area contributed by atoms with Crippen LogP contribution in [0, 0.1) is 10.8 Å². The van der Waals surface area contributed by atoms with Crippen LogP contribution < -0.4 is 4.72 Å². The van der Waals surface area contributed by atoms with Gasteiger partial charge in [0, 0.05) is 17.7 Å². The minimum absolute atomic E-state index is 0.0539. The van der Waals surface area contributed by atoms with E-state index in [0.29, 0.717) is 0 Å². The third-order valence-corrected chi connectivity index (χ3v) is 5.08. The molecule has 0 saturated carbocycles. The molecule has 1 N–H and O–H groups in total. The van der Waals surface area contributed by atoms with Crippen LogP contribution in [0.15, 0.2) is 16.3 Å². The Morgan fingerprint density at radius 2 is 1.70 bits per heavy atom. The SMILES string of the molecule is C[C@@H]1N=C(C(C)(C)C)N2CC[C@@H](NS(C)(=O)=O)C2=C1C(C)(C)C. The Kier molecular flexibility index (Phi) is 4.48. The zero-order valence-corrected chi connectivity index (χ0v) is 16.5. The van der Waals surface area contributed by atoms with E-state index in [9.17, 15) is 8.42 Å². The number of fused-ring (bicyclic) bond motifs is 1. The molecule has 1 saturated heterocycles. The topological polar surface area (TPSA) is 61.8 Å². The van der Waals surface area contributed by atoms with E-state index in [1.54, 1.807) is 0 Å². The summed E-state index contributed by atoms with van der Waals surface area (Å²) < 4.78 is 26.4. The number of rotatable bonds is 2. The van der Waals surface area contributed by atoms with Crippen molar-refractivity contribution in [1.29, 1.82) is 0 Å². The third-order valence-electron chi connectivity index (χ3n) is 4.36. The zero-order valence-electron chi connectivity index (χ0n) is 15.7. The van der Waals surface area contributed by atoms with E-state index in [0.717, 1.165) is 24.5 Å². The summed E-state index contributed by atoms with van der Waals surface area (Å²) in [4.78, 5) is 7.24. The Morgan fingerprint density at radius 1 is 1.13 bits per heavy atom. The lowest BCUT2D eigenvalue weighted by molar-refractivity contribution is 0.392. The first kappa shape index (κ1) is 18.5. The summed E-state index contributed by atoms with van der Waals surface area (Å²) in [5.41, 5.74) is 2.24. The second-order valence-electron chi connectivity index (χ2n) is 8.81. The lowest BCUT2D eigenvalue weighted by Crippen LogP contribution is -2.46. The minimum Gasteiger partial charge on any atom is -0.332 e. The molecule has 23 heavy (non-hydrogen) atoms. The van der Waals surface area contributed by atoms with Gasteiger partial charge in [0.15, 0.2) is 0 Å². The predicted molar refractivity (Wildman–Crippen MR) is 95.9 cm³/mol. The van der Waals surface area contributed by atoms with Crippen molar-refractivity contribution >= 4 is 15.9 Å². The molecule has 2 atom stereocenters. The van der Waals surface area contributed by atoms with Crippen LogP contribution in [-0.2, 0) is 10.0 Å². The number of nitrogens with zero attached hydrogens (tertiary/aromatic N) is 2. The summed E-state index contributed by atoms with van der Waals surface area (Å²) in [6.45, 7) is 15.9. The smallest absolute Gasteiger partial charge is 0.209 e. The van der Waals surface area contributed by atoms with Crippen molar-refractivity contribution in [3.05, 3.63) is 11.3 Å². The standard InChI is InChI=1S/C17H31N3O2S/c1-11-13(16(2,3)4)14-12(19-23(8,21)22)9-10-20(14)15(18-11)17(5,6)7/h11-12,19H,9-10H2,1-8H3/t11-,12+/m0/s1. The molecular weight excluding hydrogens is 310 g/mol. The molecule has 6 heteroatoms. The van der Waals surface area contributed by atoms with Crippen molar-refractivity contribution in [2.24, 2.45) is 15.8 Å². The number of amidine groups is 1. The van der Waals surface area contributed by atoms with Crippen molar-refractivity contribution in [2.45, 2.75) is 67.0 Å². The second kappa shape index (κ2) is 5.59. The van der Waals surface area contributed by atoms with E-state index < -0.39 is 10.0 Å². The largest absolute Gasteiger partial charge is 0.332 e. The summed E-state index contributed by atoms with van der Waals surface area (Å²) in [5.74, 6) is 1.06. The predicted octanol–water partition coefficient (Wildman–Crippen LogP) is 2.76. The maximum Gasteiger partial charge on any atom is 0.209 e. The number of nitrogens with one attached hydrogen (secondary N) is 1. The van der Waals surface area contributed by atoms with Gasteiger partial charge < -0.3 is 4.90 Å². The molecule has 0 bridgehead atoms. The maximum atomic E-state index is 11.8. The Hall–Kier alpha value is -0.880. The van der Waals surface area contributed by atoms with Crippen molar-refractivity contribution in [3.63, 3.8) is 0 Å². The fourth-order valence-corrected chi connectivity index (χ4v) is 4.52. The summed E-state index contributed by atoms with van der Waals surface area (Å²) in [6, 6.07) is -0.0908. The Labute approximate surface area is 141 Å². The molecule has 0 radical (unpaired) electrons. The average molecular weight is 342 g/mol. The van der Waals surface area contributed by atoms with Gasteiger partial charge in [0.2, 0.25) is 10.0 Å². The molecule has 0 amide bonds. The van der Waals surface area contributed by atoms with Crippen molar-refractivity contribution < 1.29 is 8.42 Å². The van der Waals surface area contributed by atoms with Gasteiger partial charge in [-0.3, -0.25) is 4.99 Å². The van der Waals surface area contributed by atoms with Gasteiger partial charge in [-0.25, -0.2) is 13.1 Å². The summed E-state index contributed by atoms with van der Waals surface area (Å²) in [5, 5.41) is 0. The van der Waals surface area contributed by atoms with E-state index in [2.05, 4.69) is 58.1 Å². The van der Waals surface area contributed by atoms with Crippen molar-refractivity contribution in [2.75, 3.05) is 12.8 Å². The minimum atomic E-state index is -3.25. The van der Waals surface area contributed by atoms with Crippen LogP contribution in [-0.4, -0.2) is 44.0 Å². The number of aliphatic imine (C=N–C) groups is 1. The van der Waals surface area contributed by atoms with Crippen molar-refractivity contribution in [3.8, 4) is 0 Å². The molecule has 0 aromatic carbocycles. The first-order valence-corrected chi connectivity index (χ1v) is 10.2. The Bertz CT molecular complexity index is 648. The average Bonchev–Trinajstić information content (AvgIpc) is 2.66. The van der Waals surface area contributed by atoms with Crippen LogP contribution in [0.3, 0.4) is 0 Å². The highest BCUT2D eigenvalue weighted by molar-refractivity contribution is 7.88. The highest BCUT2D eigenvalue weighted by atomic mass is 32.2. The highest BCUT2D eigenvalue weighted by Crippen LogP contribution is 2.43. The van der Waals surface area contributed by atoms with Gasteiger partial charge >= 0.3 is 0 Å². The fourth-order valence-electron chi connectivity index (χ4n) is 3.77. The lowest BCUT2D eigenvalue weighted by Gasteiger charge is -2.42. The molecule has 132 valence electrons. The molecule has 2 aliphatic rings. The Morgan fingerprint density at radius 3 is 2.13 bits per heavy atom. The van der Waals surface area contributed by atoms with E-state index in [-0.39, 0.29) is 22.9 Å². The van der Waals surface area contributed by atoms with Crippen LogP contribution in [0.5, 0.6) is 0 Å². The van der Waals surface area contributed by atoms with Gasteiger partial charge in [-0.05, 0) is 24.3 Å². The highest BCUT2D eigenvalue weighted by Gasteiger charge is 2.44. The summed E-state index contributed by atoms with van der Waals surface area (Å²) in [7, 11) is -3.25. The molecule has 0 aromatic heterocycles. The lowest BCUT2D eigenvalue weighted by atomic mass is 9.78. The number of hydrogen-bond acceptors (Lipinski definition) is 4. The number of sulfonamides is 1. The molecular formula is C17H31N3O2S. The van der Waals surface area contributed by atoms with Gasteiger partial charge in [-0.15, -0.1) is 0 Å². The van der Waals surface area contributed by atoms with Crippen molar-refractivity contribution in [1.82, 2.24) is 9.62 Å². The van der Waals surface area contributed by atoms with Crippen LogP contribution in [0.25, 0.3) is 0 Å². The molecule has 5 nitrogen and oxygen atoms in total. The molecule has 0 unspecified atom stereocenters. The monoisotopic (exact) mass is 341 g/mol. The van der Waals surface area contributed by atoms with Crippen LogP contribution >= 0.6 is 0 Å². The van der Waals surface area contributed by atoms with Gasteiger partial charge in [-0.1, -0.05) is 41.5 Å². The zero-order chi connectivity index (χ0) is 17.8. The maximum absolute atomic E-state index is 11.8. The summed E-state index contributed by atoms with van der Waals surface area (Å²) in [6.07, 6.45) is 2.02. The van der Waals surface area contributed by atoms with Crippen LogP contribution in [0.1, 0.15) is 54.9 Å². The van der Waals surface area contributed by atoms with E-state index in [1.165, 1.54) is 11.8 Å². The Balaban J connectivity index is 2.58. The molecule has 1 fully saturated rings. The van der Waals surface area contributed by atoms with E-state index >= 15 is 0 Å². The molecule has 2 rings (SSSR count). The van der Waals surface area contributed by atoms with Gasteiger partial charge in [-0.2, -0.15) is 0 Å². The van der Waals surface area contributed by atoms with E-state index in [1.807, 2.05) is 0 Å². The molecule has 0 aromatic rings. The fraction of sp³-hybridized carbons (Fsp3) is 0.824. The number of hydrogen-bond donors (Lipinski definition) is 1. The van der Waals surface area contributed by atoms with E-state index in [4.69, 9.17) is 4.99 Å². The second-order valence-corrected chi connectivity index (χ2v) is 10.6. The third kappa shape index (κ3) is 3.79. The molecule has 0 aliphatic carbocycles. The first-order valence-electron chi connectivity index (χ1n) is 8.29. The van der Waals surface area contributed by atoms with Crippen LogP contribution in [0.2, 0.25) is 0 Å². The summed E-state index contributed by atoms with van der Waals surface area (Å²) >= 11 is 0. The molecule has 0 spiro atoms.